The number of carbonyl (C=O) groups is 3. The lowest BCUT2D eigenvalue weighted by molar-refractivity contribution is -0.137. The maximum atomic E-state index is 14.2. The minimum atomic E-state index is -4.71. The first kappa shape index (κ1) is 30.9. The van der Waals surface area contributed by atoms with Crippen LogP contribution in [0, 0.1) is 17.1 Å². The molecule has 2 unspecified atom stereocenters. The Bertz CT molecular complexity index is 1800. The molecular weight excluding hydrogens is 592 g/mol. The van der Waals surface area contributed by atoms with Gasteiger partial charge in [0.2, 0.25) is 0 Å². The molecule has 0 spiro atoms. The van der Waals surface area contributed by atoms with Crippen LogP contribution in [0.15, 0.2) is 78.9 Å². The van der Waals surface area contributed by atoms with Crippen LogP contribution < -0.4 is 10.2 Å². The summed E-state index contributed by atoms with van der Waals surface area (Å²) >= 11 is 0. The topological polar surface area (TPSA) is 111 Å². The van der Waals surface area contributed by atoms with Crippen molar-refractivity contribution in [2.24, 2.45) is 0 Å². The number of hydrogen-bond acceptors (Lipinski definition) is 5. The highest BCUT2D eigenvalue weighted by Gasteiger charge is 2.47. The molecular formula is C32H26F4N6O3. The molecule has 5 rings (SSSR count). The van der Waals surface area contributed by atoms with Gasteiger partial charge in [-0.05, 0) is 55.0 Å². The van der Waals surface area contributed by atoms with E-state index in [-0.39, 0.29) is 35.7 Å². The van der Waals surface area contributed by atoms with E-state index in [9.17, 15) is 37.2 Å². The normalized spacial score (nSPS) is 16.1. The molecule has 1 aliphatic heterocycles. The number of carbonyl (C=O) groups excluding carboxylic acids is 3. The number of benzene rings is 3. The molecule has 3 aromatic carbocycles. The van der Waals surface area contributed by atoms with Crippen LogP contribution in [-0.2, 0) is 11.0 Å². The third-order valence-corrected chi connectivity index (χ3v) is 7.47. The van der Waals surface area contributed by atoms with E-state index in [0.29, 0.717) is 17.3 Å². The van der Waals surface area contributed by atoms with Gasteiger partial charge in [0.15, 0.2) is 5.69 Å². The maximum absolute atomic E-state index is 14.2. The second-order valence-electron chi connectivity index (χ2n) is 10.3. The van der Waals surface area contributed by atoms with Crippen LogP contribution in [0.25, 0.3) is 5.69 Å². The molecule has 4 aromatic rings. The third-order valence-electron chi connectivity index (χ3n) is 7.47. The molecule has 45 heavy (non-hydrogen) atoms. The molecule has 1 N–H and O–H groups in total. The van der Waals surface area contributed by atoms with E-state index in [1.165, 1.54) is 34.8 Å². The van der Waals surface area contributed by atoms with E-state index < -0.39 is 47.2 Å². The van der Waals surface area contributed by atoms with Gasteiger partial charge in [0.25, 0.3) is 17.7 Å². The Morgan fingerprint density at radius 1 is 1.04 bits per heavy atom. The fourth-order valence-electron chi connectivity index (χ4n) is 5.36. The number of aromatic nitrogens is 2. The van der Waals surface area contributed by atoms with Gasteiger partial charge in [-0.25, -0.2) is 9.07 Å². The summed E-state index contributed by atoms with van der Waals surface area (Å²) in [5.74, 6) is -3.72. The van der Waals surface area contributed by atoms with Gasteiger partial charge in [0.1, 0.15) is 24.2 Å². The van der Waals surface area contributed by atoms with Crippen molar-refractivity contribution in [1.29, 1.82) is 5.26 Å². The van der Waals surface area contributed by atoms with E-state index in [2.05, 4.69) is 10.4 Å². The number of halogens is 4. The summed E-state index contributed by atoms with van der Waals surface area (Å²) in [5.41, 5.74) is -0.446. The fourth-order valence-corrected chi connectivity index (χ4v) is 5.36. The van der Waals surface area contributed by atoms with Crippen LogP contribution in [0.3, 0.4) is 0 Å². The summed E-state index contributed by atoms with van der Waals surface area (Å²) in [7, 11) is 1.41. The number of nitriles is 1. The Labute approximate surface area is 255 Å². The molecule has 9 nitrogen and oxygen atoms in total. The number of likely N-dealkylation sites (N-methyl/N-ethyl adjacent to an activating group) is 1. The molecule has 0 saturated carbocycles. The van der Waals surface area contributed by atoms with Crippen molar-refractivity contribution in [3.8, 4) is 11.8 Å². The quantitative estimate of drug-likeness (QED) is 0.234. The largest absolute Gasteiger partial charge is 0.416 e. The summed E-state index contributed by atoms with van der Waals surface area (Å²) < 4.78 is 55.8. The molecule has 2 atom stereocenters. The zero-order valence-electron chi connectivity index (χ0n) is 24.0. The van der Waals surface area contributed by atoms with Gasteiger partial charge in [0.05, 0.1) is 17.3 Å². The van der Waals surface area contributed by atoms with Gasteiger partial charge in [-0.15, -0.1) is 0 Å². The Morgan fingerprint density at radius 2 is 1.73 bits per heavy atom. The summed E-state index contributed by atoms with van der Waals surface area (Å²) in [6.45, 7) is 1.47. The van der Waals surface area contributed by atoms with Crippen LogP contribution in [0.4, 0.5) is 23.4 Å². The molecule has 0 saturated heterocycles. The highest BCUT2D eigenvalue weighted by Crippen LogP contribution is 2.44. The summed E-state index contributed by atoms with van der Waals surface area (Å²) in [6.07, 6.45) is -4.71. The minimum absolute atomic E-state index is 0.0676. The minimum Gasteiger partial charge on any atom is -0.339 e. The first-order valence-corrected chi connectivity index (χ1v) is 13.8. The second kappa shape index (κ2) is 12.2. The first-order chi connectivity index (χ1) is 21.5. The van der Waals surface area contributed by atoms with Crippen molar-refractivity contribution in [2.45, 2.75) is 25.1 Å². The number of alkyl halides is 3. The number of rotatable bonds is 7. The number of para-hydroxylation sites is 1. The van der Waals surface area contributed by atoms with Crippen LogP contribution >= 0.6 is 0 Å². The van der Waals surface area contributed by atoms with E-state index in [1.54, 1.807) is 37.3 Å². The predicted octanol–water partition coefficient (Wildman–Crippen LogP) is 4.92. The number of nitrogens with zero attached hydrogens (tertiary/aromatic N) is 5. The lowest BCUT2D eigenvalue weighted by Gasteiger charge is -2.38. The monoisotopic (exact) mass is 618 g/mol. The van der Waals surface area contributed by atoms with Crippen LogP contribution in [0.5, 0.6) is 0 Å². The van der Waals surface area contributed by atoms with Gasteiger partial charge in [-0.2, -0.15) is 23.5 Å². The molecule has 0 fully saturated rings. The van der Waals surface area contributed by atoms with Gasteiger partial charge < -0.3 is 10.2 Å². The van der Waals surface area contributed by atoms with Gasteiger partial charge >= 0.3 is 6.18 Å². The highest BCUT2D eigenvalue weighted by atomic mass is 19.4. The third kappa shape index (κ3) is 5.86. The van der Waals surface area contributed by atoms with Crippen molar-refractivity contribution in [2.75, 3.05) is 25.0 Å². The van der Waals surface area contributed by atoms with E-state index in [1.807, 2.05) is 6.07 Å². The van der Waals surface area contributed by atoms with Crippen molar-refractivity contribution >= 4 is 23.5 Å². The van der Waals surface area contributed by atoms with E-state index >= 15 is 0 Å². The Morgan fingerprint density at radius 3 is 2.36 bits per heavy atom. The standard InChI is InChI=1S/C32H26F4N6O3/c1-3-41-29-25(27(30(44)40(2)17-16-37)39-42(29)23-10-5-4-6-11-23)24(19-12-14-22(33)15-13-19)26(31(41)45)38-28(43)20-8-7-9-21(18-20)32(34,35)36/h4-15,18,24,26H,3,17H2,1-2H3,(H,38,43). The first-order valence-electron chi connectivity index (χ1n) is 13.8. The highest BCUT2D eigenvalue weighted by molar-refractivity contribution is 6.07. The zero-order chi connectivity index (χ0) is 32.5. The van der Waals surface area contributed by atoms with Gasteiger partial charge in [-0.1, -0.05) is 36.4 Å². The lowest BCUT2D eigenvalue weighted by atomic mass is 9.80. The molecule has 2 heterocycles. The Balaban J connectivity index is 1.74. The van der Waals surface area contributed by atoms with Crippen molar-refractivity contribution in [3.63, 3.8) is 0 Å². The molecule has 13 heteroatoms. The second-order valence-corrected chi connectivity index (χ2v) is 10.3. The van der Waals surface area contributed by atoms with Crippen molar-refractivity contribution in [1.82, 2.24) is 20.0 Å². The molecule has 0 aliphatic carbocycles. The predicted molar refractivity (Wildman–Crippen MR) is 155 cm³/mol. The van der Waals surface area contributed by atoms with E-state index in [0.717, 1.165) is 29.2 Å². The molecule has 1 aliphatic rings. The molecule has 230 valence electrons. The number of anilines is 1. The van der Waals surface area contributed by atoms with Gasteiger partial charge in [0, 0.05) is 30.6 Å². The smallest absolute Gasteiger partial charge is 0.339 e. The SMILES string of the molecule is CCN1C(=O)C(NC(=O)c2cccc(C(F)(F)F)c2)C(c2ccc(F)cc2)c2c(C(=O)N(C)CC#N)nn(-c3ccccc3)c21. The molecule has 0 radical (unpaired) electrons. The summed E-state index contributed by atoms with van der Waals surface area (Å²) in [5, 5.41) is 16.5. The molecule has 3 amide bonds. The number of fused-ring (bicyclic) bond motifs is 1. The van der Waals surface area contributed by atoms with Crippen LogP contribution in [0.2, 0.25) is 0 Å². The van der Waals surface area contributed by atoms with Crippen LogP contribution in [0.1, 0.15) is 50.4 Å². The molecule has 1 aromatic heterocycles. The average molecular weight is 619 g/mol. The summed E-state index contributed by atoms with van der Waals surface area (Å²) in [4.78, 5) is 44.0. The Hall–Kier alpha value is -5.51. The van der Waals surface area contributed by atoms with Gasteiger partial charge in [-0.3, -0.25) is 19.3 Å². The van der Waals surface area contributed by atoms with Crippen LogP contribution in [-0.4, -0.2) is 58.6 Å². The lowest BCUT2D eigenvalue weighted by Crippen LogP contribution is -2.55. The zero-order valence-corrected chi connectivity index (χ0v) is 24.0. The average Bonchev–Trinajstić information content (AvgIpc) is 3.41. The van der Waals surface area contributed by atoms with Crippen molar-refractivity contribution in [3.05, 3.63) is 113 Å². The fraction of sp³-hybridized carbons (Fsp3) is 0.219. The number of amides is 3. The number of hydrogen-bond donors (Lipinski definition) is 1. The summed E-state index contributed by atoms with van der Waals surface area (Å²) in [6, 6.07) is 18.0. The maximum Gasteiger partial charge on any atom is 0.416 e. The molecule has 0 bridgehead atoms. The Kier molecular flexibility index (Phi) is 8.41. The van der Waals surface area contributed by atoms with Crippen molar-refractivity contribution < 1.29 is 31.9 Å². The number of nitrogens with one attached hydrogen (secondary N) is 1. The van der Waals surface area contributed by atoms with E-state index in [4.69, 9.17) is 0 Å².